The van der Waals surface area contributed by atoms with Gasteiger partial charge in [-0.15, -0.1) is 5.10 Å². The molecule has 82 valence electrons. The average Bonchev–Trinajstić information content (AvgIpc) is 2.77. The number of carbonyl (C=O) groups excluding carboxylic acids is 1. The van der Waals surface area contributed by atoms with Crippen molar-refractivity contribution in [3.63, 3.8) is 0 Å². The molecule has 0 aliphatic heterocycles. The number of aryl methyl sites for hydroxylation is 1. The number of pyridine rings is 1. The molecule has 0 aliphatic rings. The van der Waals surface area contributed by atoms with Gasteiger partial charge in [0.05, 0.1) is 11.9 Å². The summed E-state index contributed by atoms with van der Waals surface area (Å²) in [6.07, 6.45) is 1.58. The SMILES string of the molecule is Cc1cc(NC(=O)c2csnn2)cnc1Br. The lowest BCUT2D eigenvalue weighted by Crippen LogP contribution is -2.12. The van der Waals surface area contributed by atoms with Crippen LogP contribution in [0.25, 0.3) is 0 Å². The zero-order valence-corrected chi connectivity index (χ0v) is 10.7. The molecule has 0 aliphatic carbocycles. The van der Waals surface area contributed by atoms with Crippen LogP contribution >= 0.6 is 27.5 Å². The summed E-state index contributed by atoms with van der Waals surface area (Å²) in [5.74, 6) is -0.280. The van der Waals surface area contributed by atoms with Gasteiger partial charge in [0.25, 0.3) is 5.91 Å². The van der Waals surface area contributed by atoms with Crippen LogP contribution in [0.1, 0.15) is 16.1 Å². The van der Waals surface area contributed by atoms with Crippen LogP contribution in [-0.4, -0.2) is 20.5 Å². The van der Waals surface area contributed by atoms with Crippen molar-refractivity contribution in [3.05, 3.63) is 33.5 Å². The van der Waals surface area contributed by atoms with Gasteiger partial charge in [-0.25, -0.2) is 4.98 Å². The quantitative estimate of drug-likeness (QED) is 0.864. The van der Waals surface area contributed by atoms with Crippen molar-refractivity contribution in [3.8, 4) is 0 Å². The molecule has 0 radical (unpaired) electrons. The Kier molecular flexibility index (Phi) is 3.25. The van der Waals surface area contributed by atoms with Crippen LogP contribution in [0.15, 0.2) is 22.2 Å². The molecule has 1 amide bonds. The molecule has 2 aromatic rings. The Morgan fingerprint density at radius 3 is 3.00 bits per heavy atom. The molecule has 2 rings (SSSR count). The summed E-state index contributed by atoms with van der Waals surface area (Å²) in [4.78, 5) is 15.7. The third-order valence-corrected chi connectivity index (χ3v) is 3.20. The topological polar surface area (TPSA) is 67.8 Å². The third-order valence-electron chi connectivity index (χ3n) is 1.86. The molecule has 0 unspecified atom stereocenters. The Morgan fingerprint density at radius 2 is 2.38 bits per heavy atom. The van der Waals surface area contributed by atoms with Crippen LogP contribution < -0.4 is 5.32 Å². The van der Waals surface area contributed by atoms with E-state index in [0.717, 1.165) is 21.7 Å². The van der Waals surface area contributed by atoms with E-state index in [1.165, 1.54) is 0 Å². The molecule has 5 nitrogen and oxygen atoms in total. The van der Waals surface area contributed by atoms with Gasteiger partial charge in [0, 0.05) is 5.38 Å². The number of nitrogens with zero attached hydrogens (tertiary/aromatic N) is 3. The Bertz CT molecular complexity index is 514. The minimum Gasteiger partial charge on any atom is -0.319 e. The van der Waals surface area contributed by atoms with Crippen LogP contribution in [0, 0.1) is 6.92 Å². The van der Waals surface area contributed by atoms with E-state index < -0.39 is 0 Å². The number of halogens is 1. The first-order valence-corrected chi connectivity index (χ1v) is 6.00. The van der Waals surface area contributed by atoms with Gasteiger partial charge in [-0.1, -0.05) is 4.49 Å². The fourth-order valence-electron chi connectivity index (χ4n) is 1.09. The van der Waals surface area contributed by atoms with Gasteiger partial charge < -0.3 is 5.32 Å². The number of nitrogens with one attached hydrogen (secondary N) is 1. The van der Waals surface area contributed by atoms with Crippen LogP contribution in [0.5, 0.6) is 0 Å². The predicted octanol–water partition coefficient (Wildman–Crippen LogP) is 2.26. The van der Waals surface area contributed by atoms with Crippen LogP contribution in [0.3, 0.4) is 0 Å². The predicted molar refractivity (Wildman–Crippen MR) is 64.5 cm³/mol. The Hall–Kier alpha value is -1.34. The molecule has 0 bridgehead atoms. The molecule has 16 heavy (non-hydrogen) atoms. The molecule has 0 saturated heterocycles. The van der Waals surface area contributed by atoms with Crippen molar-refractivity contribution in [2.75, 3.05) is 5.32 Å². The van der Waals surface area contributed by atoms with Gasteiger partial charge >= 0.3 is 0 Å². The first kappa shape index (κ1) is 11.2. The van der Waals surface area contributed by atoms with E-state index in [9.17, 15) is 4.79 Å². The minimum absolute atomic E-state index is 0.280. The fourth-order valence-corrected chi connectivity index (χ4v) is 1.74. The second-order valence-electron chi connectivity index (χ2n) is 3.08. The molecule has 2 aromatic heterocycles. The van der Waals surface area contributed by atoms with Gasteiger partial charge in [-0.3, -0.25) is 4.79 Å². The molecular weight excluding hydrogens is 292 g/mol. The molecule has 0 saturated carbocycles. The molecular formula is C9H7BrN4OS. The largest absolute Gasteiger partial charge is 0.319 e. The van der Waals surface area contributed by atoms with E-state index in [4.69, 9.17) is 0 Å². The number of hydrogen-bond acceptors (Lipinski definition) is 5. The van der Waals surface area contributed by atoms with E-state index in [1.54, 1.807) is 11.6 Å². The van der Waals surface area contributed by atoms with Crippen molar-refractivity contribution < 1.29 is 4.79 Å². The van der Waals surface area contributed by atoms with E-state index in [0.29, 0.717) is 11.4 Å². The summed E-state index contributed by atoms with van der Waals surface area (Å²) in [6, 6.07) is 1.83. The second kappa shape index (κ2) is 4.67. The zero-order chi connectivity index (χ0) is 11.5. The number of rotatable bonds is 2. The Balaban J connectivity index is 2.15. The third kappa shape index (κ3) is 2.42. The van der Waals surface area contributed by atoms with Crippen molar-refractivity contribution in [2.24, 2.45) is 0 Å². The van der Waals surface area contributed by atoms with Gasteiger partial charge in [-0.05, 0) is 46.0 Å². The van der Waals surface area contributed by atoms with Gasteiger partial charge in [0.15, 0.2) is 5.69 Å². The highest BCUT2D eigenvalue weighted by Crippen LogP contribution is 2.17. The lowest BCUT2D eigenvalue weighted by Gasteiger charge is -2.04. The fraction of sp³-hybridized carbons (Fsp3) is 0.111. The highest BCUT2D eigenvalue weighted by atomic mass is 79.9. The van der Waals surface area contributed by atoms with E-state index in [1.807, 2.05) is 13.0 Å². The number of aromatic nitrogens is 3. The summed E-state index contributed by atoms with van der Waals surface area (Å²) in [6.45, 7) is 1.90. The molecule has 0 spiro atoms. The smallest absolute Gasteiger partial charge is 0.277 e. The lowest BCUT2D eigenvalue weighted by molar-refractivity contribution is 0.102. The van der Waals surface area contributed by atoms with E-state index in [2.05, 4.69) is 35.8 Å². The number of hydrogen-bond donors (Lipinski definition) is 1. The lowest BCUT2D eigenvalue weighted by atomic mass is 10.3. The molecule has 7 heteroatoms. The Labute approximate surface area is 104 Å². The zero-order valence-electron chi connectivity index (χ0n) is 8.27. The highest BCUT2D eigenvalue weighted by molar-refractivity contribution is 9.10. The molecule has 0 atom stereocenters. The van der Waals surface area contributed by atoms with Gasteiger partial charge in [0.2, 0.25) is 0 Å². The summed E-state index contributed by atoms with van der Waals surface area (Å²) in [5, 5.41) is 7.97. The minimum atomic E-state index is -0.280. The summed E-state index contributed by atoms with van der Waals surface area (Å²) in [5.41, 5.74) is 1.90. The molecule has 0 aromatic carbocycles. The maximum absolute atomic E-state index is 11.6. The van der Waals surface area contributed by atoms with Crippen molar-refractivity contribution in [1.82, 2.24) is 14.6 Å². The first-order chi connectivity index (χ1) is 7.66. The first-order valence-electron chi connectivity index (χ1n) is 4.37. The molecule has 2 heterocycles. The average molecular weight is 299 g/mol. The van der Waals surface area contributed by atoms with E-state index >= 15 is 0 Å². The Morgan fingerprint density at radius 1 is 1.56 bits per heavy atom. The van der Waals surface area contributed by atoms with E-state index in [-0.39, 0.29) is 5.91 Å². The standard InChI is InChI=1S/C9H7BrN4OS/c1-5-2-6(3-11-8(5)10)12-9(15)7-4-16-14-13-7/h2-4H,1H3,(H,12,15). The number of anilines is 1. The van der Waals surface area contributed by atoms with Crippen molar-refractivity contribution in [1.29, 1.82) is 0 Å². The summed E-state index contributed by atoms with van der Waals surface area (Å²) < 4.78 is 4.39. The maximum Gasteiger partial charge on any atom is 0.277 e. The highest BCUT2D eigenvalue weighted by Gasteiger charge is 2.09. The van der Waals surface area contributed by atoms with Gasteiger partial charge in [-0.2, -0.15) is 0 Å². The summed E-state index contributed by atoms with van der Waals surface area (Å²) >= 11 is 4.43. The van der Waals surface area contributed by atoms with Crippen LogP contribution in [0.2, 0.25) is 0 Å². The van der Waals surface area contributed by atoms with Crippen molar-refractivity contribution in [2.45, 2.75) is 6.92 Å². The normalized spacial score (nSPS) is 10.1. The van der Waals surface area contributed by atoms with Crippen molar-refractivity contribution >= 4 is 39.1 Å². The second-order valence-corrected chi connectivity index (χ2v) is 4.44. The monoisotopic (exact) mass is 298 g/mol. The molecule has 1 N–H and O–H groups in total. The number of amides is 1. The van der Waals surface area contributed by atoms with Gasteiger partial charge in [0.1, 0.15) is 4.60 Å². The van der Waals surface area contributed by atoms with Crippen LogP contribution in [-0.2, 0) is 0 Å². The summed E-state index contributed by atoms with van der Waals surface area (Å²) in [7, 11) is 0. The maximum atomic E-state index is 11.6. The molecule has 0 fully saturated rings. The number of carbonyl (C=O) groups is 1. The van der Waals surface area contributed by atoms with Crippen LogP contribution in [0.4, 0.5) is 5.69 Å².